The van der Waals surface area contributed by atoms with Crippen molar-refractivity contribution in [1.82, 2.24) is 4.67 Å². The number of nitrogens with zero attached hydrogens (tertiary/aromatic N) is 1. The van der Waals surface area contributed by atoms with Crippen LogP contribution < -0.4 is 0 Å². The van der Waals surface area contributed by atoms with E-state index in [-0.39, 0.29) is 11.2 Å². The molecule has 0 unspecified atom stereocenters. The third-order valence-corrected chi connectivity index (χ3v) is 4.63. The fourth-order valence-electron chi connectivity index (χ4n) is 0.734. The van der Waals surface area contributed by atoms with Crippen LogP contribution in [0.15, 0.2) is 0 Å². The summed E-state index contributed by atoms with van der Waals surface area (Å²) in [6, 6.07) is 0. The summed E-state index contributed by atoms with van der Waals surface area (Å²) in [5.41, 5.74) is -0.250. The third kappa shape index (κ3) is 6.15. The van der Waals surface area contributed by atoms with Crippen molar-refractivity contribution in [2.24, 2.45) is 0 Å². The van der Waals surface area contributed by atoms with Crippen molar-refractivity contribution >= 4 is 8.53 Å². The van der Waals surface area contributed by atoms with E-state index >= 15 is 0 Å². The van der Waals surface area contributed by atoms with E-state index < -0.39 is 8.53 Å². The molecule has 0 amide bonds. The van der Waals surface area contributed by atoms with Crippen molar-refractivity contribution in [1.29, 1.82) is 0 Å². The molecule has 0 N–H and O–H groups in total. The summed E-state index contributed by atoms with van der Waals surface area (Å²) in [6.45, 7) is 12.7. The molecule has 0 fully saturated rings. The van der Waals surface area contributed by atoms with Gasteiger partial charge in [0.15, 0.2) is 0 Å². The van der Waals surface area contributed by atoms with Gasteiger partial charge < -0.3 is 9.05 Å². The maximum atomic E-state index is 6.05. The zero-order chi connectivity index (χ0) is 13.0. The fraction of sp³-hybridized carbons (Fsp3) is 1.00. The van der Waals surface area contributed by atoms with Gasteiger partial charge in [-0.15, -0.1) is 0 Å². The van der Waals surface area contributed by atoms with Crippen LogP contribution in [-0.4, -0.2) is 30.0 Å². The predicted molar refractivity (Wildman–Crippen MR) is 71.5 cm³/mol. The van der Waals surface area contributed by atoms with Gasteiger partial charge in [-0.05, 0) is 54.6 Å². The Labute approximate surface area is 102 Å². The van der Waals surface area contributed by atoms with Gasteiger partial charge >= 0.3 is 0 Å². The SMILES string of the molecule is CCC(C)(C)OP(OC(C)(C)CC)N(C)C. The number of hydrogen-bond donors (Lipinski definition) is 0. The first kappa shape index (κ1) is 16.3. The van der Waals surface area contributed by atoms with Crippen LogP contribution in [0.2, 0.25) is 0 Å². The molecular formula is C12H28NO2P. The van der Waals surface area contributed by atoms with E-state index in [1.807, 2.05) is 18.8 Å². The summed E-state index contributed by atoms with van der Waals surface area (Å²) >= 11 is 0. The molecule has 0 aromatic rings. The zero-order valence-electron chi connectivity index (χ0n) is 12.1. The van der Waals surface area contributed by atoms with Crippen molar-refractivity contribution in [2.45, 2.75) is 65.6 Å². The molecule has 0 radical (unpaired) electrons. The van der Waals surface area contributed by atoms with E-state index in [0.29, 0.717) is 0 Å². The predicted octanol–water partition coefficient (Wildman–Crippen LogP) is 4.19. The molecule has 0 atom stereocenters. The maximum Gasteiger partial charge on any atom is 0.259 e. The van der Waals surface area contributed by atoms with Crippen molar-refractivity contribution in [2.75, 3.05) is 14.1 Å². The monoisotopic (exact) mass is 249 g/mol. The summed E-state index contributed by atoms with van der Waals surface area (Å²) < 4.78 is 14.1. The quantitative estimate of drug-likeness (QED) is 0.632. The average molecular weight is 249 g/mol. The first-order valence-corrected chi connectivity index (χ1v) is 7.12. The molecule has 98 valence electrons. The molecule has 0 saturated carbocycles. The molecule has 0 heterocycles. The van der Waals surface area contributed by atoms with Gasteiger partial charge in [0.1, 0.15) is 0 Å². The highest BCUT2D eigenvalue weighted by Gasteiger charge is 2.30. The van der Waals surface area contributed by atoms with Gasteiger partial charge in [-0.3, -0.25) is 0 Å². The molecule has 0 aliphatic heterocycles. The van der Waals surface area contributed by atoms with E-state index in [2.05, 4.69) is 41.5 Å². The lowest BCUT2D eigenvalue weighted by atomic mass is 10.1. The smallest absolute Gasteiger partial charge is 0.259 e. The van der Waals surface area contributed by atoms with Crippen LogP contribution >= 0.6 is 8.53 Å². The Morgan fingerprint density at radius 1 is 0.875 bits per heavy atom. The second-order valence-corrected chi connectivity index (χ2v) is 7.13. The van der Waals surface area contributed by atoms with Crippen molar-refractivity contribution in [3.05, 3.63) is 0 Å². The van der Waals surface area contributed by atoms with E-state index in [9.17, 15) is 0 Å². The molecule has 4 heteroatoms. The standard InChI is InChI=1S/C12H28NO2P/c1-9-11(3,4)14-16(13(7)8)15-12(5,6)10-2/h9-10H2,1-8H3. The van der Waals surface area contributed by atoms with Crippen LogP contribution in [0.5, 0.6) is 0 Å². The highest BCUT2D eigenvalue weighted by molar-refractivity contribution is 7.44. The molecule has 0 saturated heterocycles. The molecule has 0 spiro atoms. The minimum Gasteiger partial charge on any atom is -0.316 e. The van der Waals surface area contributed by atoms with Crippen LogP contribution in [0.25, 0.3) is 0 Å². The van der Waals surface area contributed by atoms with Crippen LogP contribution in [0, 0.1) is 0 Å². The lowest BCUT2D eigenvalue weighted by Gasteiger charge is -2.36. The maximum absolute atomic E-state index is 6.05. The molecule has 16 heavy (non-hydrogen) atoms. The van der Waals surface area contributed by atoms with Crippen LogP contribution in [-0.2, 0) is 9.05 Å². The van der Waals surface area contributed by atoms with Crippen LogP contribution in [0.4, 0.5) is 0 Å². The Kier molecular flexibility index (Phi) is 6.42. The average Bonchev–Trinajstić information content (AvgIpc) is 2.16. The van der Waals surface area contributed by atoms with E-state index in [4.69, 9.17) is 9.05 Å². The van der Waals surface area contributed by atoms with Gasteiger partial charge in [0.2, 0.25) is 0 Å². The lowest BCUT2D eigenvalue weighted by molar-refractivity contribution is 0.0368. The molecule has 0 bridgehead atoms. The second-order valence-electron chi connectivity index (χ2n) is 5.49. The van der Waals surface area contributed by atoms with Gasteiger partial charge in [-0.2, -0.15) is 0 Å². The fourth-order valence-corrected chi connectivity index (χ4v) is 2.20. The van der Waals surface area contributed by atoms with Crippen molar-refractivity contribution < 1.29 is 9.05 Å². The first-order valence-electron chi connectivity index (χ1n) is 5.99. The summed E-state index contributed by atoms with van der Waals surface area (Å²) in [5.74, 6) is 0. The Hall–Kier alpha value is 0.310. The molecule has 0 aliphatic rings. The zero-order valence-corrected chi connectivity index (χ0v) is 13.0. The second kappa shape index (κ2) is 6.30. The van der Waals surface area contributed by atoms with Crippen LogP contribution in [0.1, 0.15) is 54.4 Å². The molecule has 3 nitrogen and oxygen atoms in total. The van der Waals surface area contributed by atoms with E-state index in [1.165, 1.54) is 0 Å². The Morgan fingerprint density at radius 3 is 1.38 bits per heavy atom. The number of rotatable bonds is 7. The lowest BCUT2D eigenvalue weighted by Crippen LogP contribution is -2.29. The van der Waals surface area contributed by atoms with Gasteiger partial charge in [0.25, 0.3) is 8.53 Å². The van der Waals surface area contributed by atoms with Gasteiger partial charge in [0, 0.05) is 0 Å². The minimum atomic E-state index is -0.974. The van der Waals surface area contributed by atoms with Crippen LogP contribution in [0.3, 0.4) is 0 Å². The summed E-state index contributed by atoms with van der Waals surface area (Å²) in [5, 5.41) is 0. The van der Waals surface area contributed by atoms with Gasteiger partial charge in [-0.25, -0.2) is 4.67 Å². The number of hydrogen-bond acceptors (Lipinski definition) is 3. The summed E-state index contributed by atoms with van der Waals surface area (Å²) in [4.78, 5) is 0. The van der Waals surface area contributed by atoms with E-state index in [0.717, 1.165) is 12.8 Å². The Morgan fingerprint density at radius 2 is 1.19 bits per heavy atom. The van der Waals surface area contributed by atoms with Gasteiger partial charge in [0.05, 0.1) is 11.2 Å². The highest BCUT2D eigenvalue weighted by Crippen LogP contribution is 2.48. The molecule has 0 rings (SSSR count). The third-order valence-electron chi connectivity index (χ3n) is 2.68. The molecule has 0 aromatic heterocycles. The Balaban J connectivity index is 4.52. The largest absolute Gasteiger partial charge is 0.316 e. The Bertz CT molecular complexity index is 187. The first-order chi connectivity index (χ1) is 7.13. The van der Waals surface area contributed by atoms with Crippen molar-refractivity contribution in [3.63, 3.8) is 0 Å². The summed E-state index contributed by atoms with van der Waals surface area (Å²) in [7, 11) is 3.03. The summed E-state index contributed by atoms with van der Waals surface area (Å²) in [6.07, 6.45) is 1.96. The normalized spacial score (nSPS) is 13.9. The van der Waals surface area contributed by atoms with Crippen molar-refractivity contribution in [3.8, 4) is 0 Å². The molecule has 0 aromatic carbocycles. The highest BCUT2D eigenvalue weighted by atomic mass is 31.2. The van der Waals surface area contributed by atoms with Gasteiger partial charge in [-0.1, -0.05) is 13.8 Å². The minimum absolute atomic E-state index is 0.125. The van der Waals surface area contributed by atoms with E-state index in [1.54, 1.807) is 0 Å². The topological polar surface area (TPSA) is 21.7 Å². The molecular weight excluding hydrogens is 221 g/mol. The molecule has 0 aliphatic carbocycles.